The van der Waals surface area contributed by atoms with E-state index >= 15 is 0 Å². The number of nitrogens with one attached hydrogen (secondary N) is 1. The number of hydrogen-bond donors (Lipinski definition) is 1. The molecule has 2 aromatic carbocycles. The van der Waals surface area contributed by atoms with E-state index in [0.717, 1.165) is 25.7 Å². The highest BCUT2D eigenvalue weighted by Crippen LogP contribution is 2.31. The number of hydrogen-bond acceptors (Lipinski definition) is 7. The highest BCUT2D eigenvalue weighted by Gasteiger charge is 2.24. The molecule has 0 aliphatic carbocycles. The van der Waals surface area contributed by atoms with Crippen LogP contribution in [-0.2, 0) is 10.0 Å². The number of anilines is 1. The van der Waals surface area contributed by atoms with Crippen molar-refractivity contribution in [1.29, 1.82) is 0 Å². The third-order valence-electron chi connectivity index (χ3n) is 5.39. The van der Waals surface area contributed by atoms with E-state index in [-0.39, 0.29) is 10.8 Å². The molecule has 0 radical (unpaired) electrons. The fourth-order valence-corrected chi connectivity index (χ4v) is 5.95. The molecule has 0 unspecified atom stereocenters. The molecule has 8 nitrogen and oxygen atoms in total. The third-order valence-corrected chi connectivity index (χ3v) is 8.21. The Morgan fingerprint density at radius 1 is 1.00 bits per heavy atom. The second-order valence-corrected chi connectivity index (χ2v) is 10.8. The Morgan fingerprint density at radius 2 is 1.68 bits per heavy atom. The van der Waals surface area contributed by atoms with E-state index in [2.05, 4.69) is 10.3 Å². The van der Waals surface area contributed by atoms with Crippen LogP contribution < -0.4 is 14.8 Å². The van der Waals surface area contributed by atoms with Crippen molar-refractivity contribution in [2.24, 2.45) is 0 Å². The second-order valence-electron chi connectivity index (χ2n) is 7.78. The van der Waals surface area contributed by atoms with Gasteiger partial charge in [-0.15, -0.1) is 0 Å². The molecule has 0 bridgehead atoms. The van der Waals surface area contributed by atoms with Crippen LogP contribution >= 0.6 is 11.3 Å². The summed E-state index contributed by atoms with van der Waals surface area (Å²) < 4.78 is 39.3. The smallest absolute Gasteiger partial charge is 0.257 e. The first-order chi connectivity index (χ1) is 16.3. The summed E-state index contributed by atoms with van der Waals surface area (Å²) in [6.45, 7) is 5.11. The van der Waals surface area contributed by atoms with Crippen LogP contribution in [0.5, 0.6) is 11.5 Å². The largest absolute Gasteiger partial charge is 0.493 e. The number of benzene rings is 2. The van der Waals surface area contributed by atoms with Gasteiger partial charge < -0.3 is 9.47 Å². The standard InChI is InChI=1S/C24H31N3O5S2/c1-5-7-13-27(14-8-6-2)34(29,30)18-10-11-19-22(16-18)33-24(25-19)26-23(28)17-9-12-20(31-3)21(15-17)32-4/h9-12,15-16H,5-8,13-14H2,1-4H3,(H,25,26,28). The minimum absolute atomic E-state index is 0.244. The lowest BCUT2D eigenvalue weighted by molar-refractivity contribution is 0.102. The van der Waals surface area contributed by atoms with E-state index in [0.29, 0.717) is 45.5 Å². The molecule has 0 saturated carbocycles. The van der Waals surface area contributed by atoms with E-state index in [9.17, 15) is 13.2 Å². The fourth-order valence-electron chi connectivity index (χ4n) is 3.44. The highest BCUT2D eigenvalue weighted by atomic mass is 32.2. The van der Waals surface area contributed by atoms with Gasteiger partial charge in [0, 0.05) is 18.7 Å². The lowest BCUT2D eigenvalue weighted by Crippen LogP contribution is -2.33. The van der Waals surface area contributed by atoms with E-state index in [4.69, 9.17) is 9.47 Å². The van der Waals surface area contributed by atoms with Crippen LogP contribution in [0.2, 0.25) is 0 Å². The SMILES string of the molecule is CCCCN(CCCC)S(=O)(=O)c1ccc2nc(NC(=O)c3ccc(OC)c(OC)c3)sc2c1. The maximum atomic E-state index is 13.3. The summed E-state index contributed by atoms with van der Waals surface area (Å²) in [5.74, 6) is 0.628. The number of ether oxygens (including phenoxy) is 2. The van der Waals surface area contributed by atoms with Gasteiger partial charge in [-0.2, -0.15) is 4.31 Å². The predicted octanol–water partition coefficient (Wildman–Crippen LogP) is 5.16. The molecule has 3 rings (SSSR count). The van der Waals surface area contributed by atoms with E-state index in [1.807, 2.05) is 13.8 Å². The van der Waals surface area contributed by atoms with Crippen molar-refractivity contribution in [2.45, 2.75) is 44.4 Å². The van der Waals surface area contributed by atoms with Crippen molar-refractivity contribution >= 4 is 42.6 Å². The van der Waals surface area contributed by atoms with Gasteiger partial charge in [0.1, 0.15) is 0 Å². The number of fused-ring (bicyclic) bond motifs is 1. The first-order valence-corrected chi connectivity index (χ1v) is 13.5. The maximum Gasteiger partial charge on any atom is 0.257 e. The Bertz CT molecular complexity index is 1230. The van der Waals surface area contributed by atoms with E-state index in [1.54, 1.807) is 40.7 Å². The Kier molecular flexibility index (Phi) is 8.87. The van der Waals surface area contributed by atoms with Gasteiger partial charge in [-0.1, -0.05) is 38.0 Å². The van der Waals surface area contributed by atoms with Crippen molar-refractivity contribution in [1.82, 2.24) is 9.29 Å². The molecule has 0 fully saturated rings. The van der Waals surface area contributed by atoms with Crippen LogP contribution in [0.4, 0.5) is 5.13 Å². The number of methoxy groups -OCH3 is 2. The third kappa shape index (κ3) is 5.86. The molecule has 1 amide bonds. The first kappa shape index (κ1) is 25.9. The molecule has 0 spiro atoms. The van der Waals surface area contributed by atoms with Crippen molar-refractivity contribution < 1.29 is 22.7 Å². The number of amides is 1. The van der Waals surface area contributed by atoms with Gasteiger partial charge in [-0.3, -0.25) is 10.1 Å². The summed E-state index contributed by atoms with van der Waals surface area (Å²) in [6.07, 6.45) is 3.49. The minimum Gasteiger partial charge on any atom is -0.493 e. The molecule has 0 atom stereocenters. The van der Waals surface area contributed by atoms with E-state index < -0.39 is 10.0 Å². The normalized spacial score (nSPS) is 11.7. The summed E-state index contributed by atoms with van der Waals surface area (Å²) >= 11 is 1.23. The number of unbranched alkanes of at least 4 members (excludes halogenated alkanes) is 2. The summed E-state index contributed by atoms with van der Waals surface area (Å²) in [5, 5.41) is 3.17. The van der Waals surface area contributed by atoms with Crippen molar-refractivity contribution in [3.8, 4) is 11.5 Å². The van der Waals surface area contributed by atoms with Crippen molar-refractivity contribution in [3.05, 3.63) is 42.0 Å². The van der Waals surface area contributed by atoms with Crippen LogP contribution in [-0.4, -0.2) is 50.9 Å². The molecule has 1 heterocycles. The zero-order valence-electron chi connectivity index (χ0n) is 20.0. The van der Waals surface area contributed by atoms with Crippen molar-refractivity contribution in [3.63, 3.8) is 0 Å². The van der Waals surface area contributed by atoms with Gasteiger partial charge >= 0.3 is 0 Å². The number of aromatic nitrogens is 1. The number of rotatable bonds is 12. The quantitative estimate of drug-likeness (QED) is 0.365. The second kappa shape index (κ2) is 11.6. The highest BCUT2D eigenvalue weighted by molar-refractivity contribution is 7.89. The molecule has 1 N–H and O–H groups in total. The molecule has 3 aromatic rings. The van der Waals surface area contributed by atoms with E-state index in [1.165, 1.54) is 25.6 Å². The van der Waals surface area contributed by atoms with Gasteiger partial charge in [0.15, 0.2) is 16.6 Å². The Hall–Kier alpha value is -2.69. The van der Waals surface area contributed by atoms with Crippen LogP contribution in [0.15, 0.2) is 41.3 Å². The summed E-state index contributed by atoms with van der Waals surface area (Å²) in [4.78, 5) is 17.4. The zero-order valence-corrected chi connectivity index (χ0v) is 21.6. The average molecular weight is 506 g/mol. The lowest BCUT2D eigenvalue weighted by atomic mass is 10.2. The van der Waals surface area contributed by atoms with Gasteiger partial charge in [-0.05, 0) is 49.2 Å². The predicted molar refractivity (Wildman–Crippen MR) is 136 cm³/mol. The molecular weight excluding hydrogens is 474 g/mol. The molecule has 10 heteroatoms. The molecule has 0 aliphatic heterocycles. The summed E-state index contributed by atoms with van der Waals surface area (Å²) in [5.41, 5.74) is 1.02. The number of nitrogens with zero attached hydrogens (tertiary/aromatic N) is 2. The molecule has 0 aliphatic rings. The van der Waals surface area contributed by atoms with Gasteiger partial charge in [0.05, 0.1) is 29.3 Å². The molecule has 34 heavy (non-hydrogen) atoms. The zero-order chi connectivity index (χ0) is 24.7. The fraction of sp³-hybridized carbons (Fsp3) is 0.417. The molecule has 1 aromatic heterocycles. The number of carbonyl (C=O) groups is 1. The van der Waals surface area contributed by atoms with Crippen LogP contribution in [0.1, 0.15) is 49.9 Å². The average Bonchev–Trinajstić information content (AvgIpc) is 3.24. The van der Waals surface area contributed by atoms with Gasteiger partial charge in [0.2, 0.25) is 10.0 Å². The summed E-state index contributed by atoms with van der Waals surface area (Å²) in [6, 6.07) is 9.79. The maximum absolute atomic E-state index is 13.3. The first-order valence-electron chi connectivity index (χ1n) is 11.3. The minimum atomic E-state index is -3.61. The van der Waals surface area contributed by atoms with Crippen molar-refractivity contribution in [2.75, 3.05) is 32.6 Å². The molecular formula is C24H31N3O5S2. The Balaban J connectivity index is 1.83. The summed E-state index contributed by atoms with van der Waals surface area (Å²) in [7, 11) is -0.577. The number of thiazole rings is 1. The van der Waals surface area contributed by atoms with Crippen LogP contribution in [0, 0.1) is 0 Å². The molecule has 0 saturated heterocycles. The van der Waals surface area contributed by atoms with Gasteiger partial charge in [0.25, 0.3) is 5.91 Å². The van der Waals surface area contributed by atoms with Crippen LogP contribution in [0.3, 0.4) is 0 Å². The van der Waals surface area contributed by atoms with Gasteiger partial charge in [-0.25, -0.2) is 13.4 Å². The Morgan fingerprint density at radius 3 is 2.29 bits per heavy atom. The number of carbonyl (C=O) groups excluding carboxylic acids is 1. The lowest BCUT2D eigenvalue weighted by Gasteiger charge is -2.21. The van der Waals surface area contributed by atoms with Crippen LogP contribution in [0.25, 0.3) is 10.2 Å². The topological polar surface area (TPSA) is 97.8 Å². The Labute approximate surface area is 205 Å². The number of sulfonamides is 1. The molecule has 184 valence electrons. The monoisotopic (exact) mass is 505 g/mol.